The summed E-state index contributed by atoms with van der Waals surface area (Å²) in [6.45, 7) is 2.59. The van der Waals surface area contributed by atoms with Gasteiger partial charge in [0.15, 0.2) is 11.5 Å². The predicted octanol–water partition coefficient (Wildman–Crippen LogP) is 3.18. The van der Waals surface area contributed by atoms with Gasteiger partial charge in [-0.25, -0.2) is 0 Å². The van der Waals surface area contributed by atoms with Crippen LogP contribution in [0.4, 0.5) is 0 Å². The van der Waals surface area contributed by atoms with E-state index in [2.05, 4.69) is 16.9 Å². The fourth-order valence-electron chi connectivity index (χ4n) is 4.72. The molecule has 2 aromatic rings. The third-order valence-electron chi connectivity index (χ3n) is 6.17. The average Bonchev–Trinajstić information content (AvgIpc) is 3.42. The number of carbonyl (C=O) groups is 1. The van der Waals surface area contributed by atoms with Crippen molar-refractivity contribution < 1.29 is 14.3 Å². The van der Waals surface area contributed by atoms with Crippen LogP contribution in [0, 0.1) is 5.92 Å². The molecule has 3 aliphatic heterocycles. The van der Waals surface area contributed by atoms with Gasteiger partial charge in [0.25, 0.3) is 5.91 Å². The molecule has 2 saturated heterocycles. The van der Waals surface area contributed by atoms with Crippen molar-refractivity contribution in [2.75, 3.05) is 26.4 Å². The quantitative estimate of drug-likeness (QED) is 0.809. The van der Waals surface area contributed by atoms with Crippen LogP contribution in [0.2, 0.25) is 5.02 Å². The number of hydrazine groups is 1. The minimum Gasteiger partial charge on any atom is -0.454 e. The van der Waals surface area contributed by atoms with Crippen LogP contribution in [0.1, 0.15) is 34.7 Å². The Hall–Kier alpha value is -2.28. The Bertz CT molecular complexity index is 922. The molecule has 0 bridgehead atoms. The first-order valence-corrected chi connectivity index (χ1v) is 10.5. The van der Waals surface area contributed by atoms with Crippen molar-refractivity contribution in [2.24, 2.45) is 5.92 Å². The summed E-state index contributed by atoms with van der Waals surface area (Å²) in [7, 11) is 0. The van der Waals surface area contributed by atoms with Gasteiger partial charge >= 0.3 is 0 Å². The molecule has 0 saturated carbocycles. The largest absolute Gasteiger partial charge is 0.454 e. The minimum absolute atomic E-state index is 0.0539. The van der Waals surface area contributed by atoms with Crippen LogP contribution in [0.25, 0.3) is 0 Å². The van der Waals surface area contributed by atoms with Gasteiger partial charge in [0.2, 0.25) is 6.79 Å². The number of fused-ring (bicyclic) bond motifs is 1. The molecule has 152 valence electrons. The smallest absolute Gasteiger partial charge is 0.254 e. The second-order valence-corrected chi connectivity index (χ2v) is 8.37. The Morgan fingerprint density at radius 2 is 2.03 bits per heavy atom. The molecule has 0 radical (unpaired) electrons. The van der Waals surface area contributed by atoms with Crippen LogP contribution in [-0.4, -0.2) is 43.3 Å². The van der Waals surface area contributed by atoms with E-state index < -0.39 is 0 Å². The third-order valence-corrected chi connectivity index (χ3v) is 6.41. The van der Waals surface area contributed by atoms with Crippen LogP contribution in [0.15, 0.2) is 42.5 Å². The standard InChI is InChI=1S/C22H24ClN3O3/c23-17-5-1-3-14(9-17)18-11-24-25-21(18)16-4-2-8-26(12-16)22(27)15-6-7-19-20(10-15)29-13-28-19/h1,3,5-7,9-10,16,18,21,24-25H,2,4,8,11-13H2. The summed E-state index contributed by atoms with van der Waals surface area (Å²) in [6.07, 6.45) is 2.10. The Kier molecular flexibility index (Phi) is 5.08. The fourth-order valence-corrected chi connectivity index (χ4v) is 4.92. The van der Waals surface area contributed by atoms with Crippen molar-refractivity contribution in [3.8, 4) is 11.5 Å². The number of piperidine rings is 1. The lowest BCUT2D eigenvalue weighted by Gasteiger charge is -2.37. The molecule has 2 N–H and O–H groups in total. The minimum atomic E-state index is 0.0539. The highest BCUT2D eigenvalue weighted by Gasteiger charge is 2.38. The van der Waals surface area contributed by atoms with Crippen molar-refractivity contribution in [3.05, 3.63) is 58.6 Å². The topological polar surface area (TPSA) is 62.8 Å². The molecular weight excluding hydrogens is 390 g/mol. The van der Waals surface area contributed by atoms with E-state index in [1.54, 1.807) is 6.07 Å². The van der Waals surface area contributed by atoms with Gasteiger partial charge in [-0.2, -0.15) is 0 Å². The Morgan fingerprint density at radius 3 is 2.93 bits per heavy atom. The van der Waals surface area contributed by atoms with E-state index >= 15 is 0 Å². The first-order chi connectivity index (χ1) is 14.2. The maximum atomic E-state index is 13.1. The molecule has 6 nitrogen and oxygen atoms in total. The summed E-state index contributed by atoms with van der Waals surface area (Å²) in [5, 5.41) is 0.761. The zero-order valence-corrected chi connectivity index (χ0v) is 16.8. The van der Waals surface area contributed by atoms with Gasteiger partial charge in [0.05, 0.1) is 0 Å². The third kappa shape index (κ3) is 3.68. The number of nitrogens with zero attached hydrogens (tertiary/aromatic N) is 1. The monoisotopic (exact) mass is 413 g/mol. The van der Waals surface area contributed by atoms with E-state index in [0.29, 0.717) is 28.9 Å². The van der Waals surface area contributed by atoms with E-state index in [-0.39, 0.29) is 18.7 Å². The molecule has 3 unspecified atom stereocenters. The van der Waals surface area contributed by atoms with Crippen molar-refractivity contribution in [1.29, 1.82) is 0 Å². The van der Waals surface area contributed by atoms with Crippen LogP contribution < -0.4 is 20.3 Å². The number of hydrogen-bond acceptors (Lipinski definition) is 5. The lowest BCUT2D eigenvalue weighted by Crippen LogP contribution is -2.48. The highest BCUT2D eigenvalue weighted by Crippen LogP contribution is 2.35. The summed E-state index contributed by atoms with van der Waals surface area (Å²) in [5.74, 6) is 2.11. The number of likely N-dealkylation sites (tertiary alicyclic amines) is 1. The van der Waals surface area contributed by atoms with Gasteiger partial charge in [-0.1, -0.05) is 23.7 Å². The van der Waals surface area contributed by atoms with Crippen LogP contribution >= 0.6 is 11.6 Å². The molecule has 2 fully saturated rings. The Labute approximate surface area is 175 Å². The van der Waals surface area contributed by atoms with Gasteiger partial charge in [0.1, 0.15) is 0 Å². The first-order valence-electron chi connectivity index (χ1n) is 10.1. The fraction of sp³-hybridized carbons (Fsp3) is 0.409. The summed E-state index contributed by atoms with van der Waals surface area (Å²) in [6, 6.07) is 13.8. The second-order valence-electron chi connectivity index (χ2n) is 7.93. The lowest BCUT2D eigenvalue weighted by molar-refractivity contribution is 0.0644. The molecule has 5 rings (SSSR count). The molecule has 1 amide bonds. The van der Waals surface area contributed by atoms with E-state index in [1.807, 2.05) is 35.2 Å². The van der Waals surface area contributed by atoms with Gasteiger partial charge in [-0.3, -0.25) is 15.6 Å². The molecule has 2 aromatic carbocycles. The number of halogens is 1. The Morgan fingerprint density at radius 1 is 1.14 bits per heavy atom. The van der Waals surface area contributed by atoms with Crippen LogP contribution in [0.3, 0.4) is 0 Å². The van der Waals surface area contributed by atoms with Crippen LogP contribution in [-0.2, 0) is 0 Å². The number of amides is 1. The summed E-state index contributed by atoms with van der Waals surface area (Å²) < 4.78 is 10.8. The number of ether oxygens (including phenoxy) is 2. The second kappa shape index (κ2) is 7.86. The molecule has 3 heterocycles. The molecule has 0 spiro atoms. The van der Waals surface area contributed by atoms with Gasteiger partial charge in [-0.05, 0) is 54.7 Å². The molecule has 7 heteroatoms. The number of hydrogen-bond donors (Lipinski definition) is 2. The molecule has 0 aliphatic carbocycles. The maximum absolute atomic E-state index is 13.1. The van der Waals surface area contributed by atoms with Gasteiger partial charge in [0, 0.05) is 42.2 Å². The first kappa shape index (κ1) is 18.7. The van der Waals surface area contributed by atoms with E-state index in [4.69, 9.17) is 21.1 Å². The van der Waals surface area contributed by atoms with Crippen molar-refractivity contribution in [1.82, 2.24) is 15.8 Å². The molecule has 0 aromatic heterocycles. The number of benzene rings is 2. The summed E-state index contributed by atoms with van der Waals surface area (Å²) in [5.41, 5.74) is 8.66. The van der Waals surface area contributed by atoms with Crippen molar-refractivity contribution >= 4 is 17.5 Å². The zero-order chi connectivity index (χ0) is 19.8. The van der Waals surface area contributed by atoms with Crippen LogP contribution in [0.5, 0.6) is 11.5 Å². The lowest BCUT2D eigenvalue weighted by atomic mass is 9.81. The van der Waals surface area contributed by atoms with E-state index in [9.17, 15) is 4.79 Å². The van der Waals surface area contributed by atoms with Gasteiger partial charge in [-0.15, -0.1) is 0 Å². The van der Waals surface area contributed by atoms with Gasteiger partial charge < -0.3 is 14.4 Å². The maximum Gasteiger partial charge on any atom is 0.254 e. The summed E-state index contributed by atoms with van der Waals surface area (Å²) >= 11 is 6.22. The van der Waals surface area contributed by atoms with Crippen molar-refractivity contribution in [3.63, 3.8) is 0 Å². The number of nitrogens with one attached hydrogen (secondary N) is 2. The average molecular weight is 414 g/mol. The predicted molar refractivity (Wildman–Crippen MR) is 110 cm³/mol. The zero-order valence-electron chi connectivity index (χ0n) is 16.1. The summed E-state index contributed by atoms with van der Waals surface area (Å²) in [4.78, 5) is 15.1. The molecular formula is C22H24ClN3O3. The molecule has 29 heavy (non-hydrogen) atoms. The van der Waals surface area contributed by atoms with E-state index in [1.165, 1.54) is 5.56 Å². The number of rotatable bonds is 3. The molecule has 3 aliphatic rings. The normalized spacial score (nSPS) is 26.0. The van der Waals surface area contributed by atoms with Crippen molar-refractivity contribution in [2.45, 2.75) is 24.8 Å². The Balaban J connectivity index is 1.32. The number of carbonyl (C=O) groups excluding carboxylic acids is 1. The SMILES string of the molecule is O=C(c1ccc2c(c1)OCO2)N1CCCC(C2NNCC2c2cccc(Cl)c2)C1. The van der Waals surface area contributed by atoms with E-state index in [0.717, 1.165) is 37.5 Å². The highest BCUT2D eigenvalue weighted by molar-refractivity contribution is 6.30. The molecule has 3 atom stereocenters. The highest BCUT2D eigenvalue weighted by atomic mass is 35.5.